The third-order valence-corrected chi connectivity index (χ3v) is 2.50. The van der Waals surface area contributed by atoms with Crippen molar-refractivity contribution in [1.29, 1.82) is 0 Å². The van der Waals surface area contributed by atoms with Gasteiger partial charge in [0.2, 0.25) is 0 Å². The Morgan fingerprint density at radius 2 is 1.65 bits per heavy atom. The van der Waals surface area contributed by atoms with Gasteiger partial charge >= 0.3 is 0 Å². The van der Waals surface area contributed by atoms with Crippen LogP contribution in [-0.4, -0.2) is 11.8 Å². The molecule has 0 saturated heterocycles. The van der Waals surface area contributed by atoms with Gasteiger partial charge in [0.25, 0.3) is 0 Å². The monoisotopic (exact) mass is 271 g/mol. The van der Waals surface area contributed by atoms with Crippen molar-refractivity contribution in [2.75, 3.05) is 0 Å². The van der Waals surface area contributed by atoms with Crippen LogP contribution >= 0.6 is 0 Å². The number of aliphatic imine (C=N–C) groups is 1. The van der Waals surface area contributed by atoms with Gasteiger partial charge in [0.1, 0.15) is 22.9 Å². The first kappa shape index (κ1) is 14.3. The van der Waals surface area contributed by atoms with E-state index in [9.17, 15) is 4.39 Å². The number of halogens is 1. The molecular formula is C17H18FNO. The molecule has 20 heavy (non-hydrogen) atoms. The highest BCUT2D eigenvalue weighted by atomic mass is 19.1. The molecule has 0 radical (unpaired) electrons. The molecule has 0 heterocycles. The lowest BCUT2D eigenvalue weighted by Crippen LogP contribution is -2.22. The average Bonchev–Trinajstić information content (AvgIpc) is 2.38. The molecule has 0 unspecified atom stereocenters. The van der Waals surface area contributed by atoms with E-state index < -0.39 is 0 Å². The predicted octanol–water partition coefficient (Wildman–Crippen LogP) is 4.75. The summed E-state index contributed by atoms with van der Waals surface area (Å²) in [6, 6.07) is 13.8. The summed E-state index contributed by atoms with van der Waals surface area (Å²) >= 11 is 0. The van der Waals surface area contributed by atoms with Crippen LogP contribution in [0.3, 0.4) is 0 Å². The quantitative estimate of drug-likeness (QED) is 0.738. The van der Waals surface area contributed by atoms with Gasteiger partial charge in [-0.25, -0.2) is 4.39 Å². The summed E-state index contributed by atoms with van der Waals surface area (Å²) in [6.45, 7) is 5.98. The third kappa shape index (κ3) is 4.19. The summed E-state index contributed by atoms with van der Waals surface area (Å²) in [7, 11) is 0. The van der Waals surface area contributed by atoms with Gasteiger partial charge in [-0.2, -0.15) is 0 Å². The van der Waals surface area contributed by atoms with E-state index >= 15 is 0 Å². The van der Waals surface area contributed by atoms with Crippen molar-refractivity contribution in [3.8, 4) is 5.75 Å². The molecule has 0 N–H and O–H groups in total. The largest absolute Gasteiger partial charge is 0.486 e. The first-order chi connectivity index (χ1) is 9.44. The molecule has 0 aliphatic heterocycles. The van der Waals surface area contributed by atoms with Crippen LogP contribution in [0.4, 0.5) is 10.1 Å². The lowest BCUT2D eigenvalue weighted by Gasteiger charge is -2.22. The van der Waals surface area contributed by atoms with Crippen LogP contribution in [-0.2, 0) is 0 Å². The maximum atomic E-state index is 12.8. The van der Waals surface area contributed by atoms with Crippen LogP contribution in [0.15, 0.2) is 53.5 Å². The minimum absolute atomic E-state index is 0.251. The Hall–Kier alpha value is -2.16. The van der Waals surface area contributed by atoms with E-state index in [1.807, 2.05) is 45.0 Å². The average molecular weight is 271 g/mol. The molecule has 2 aromatic carbocycles. The number of para-hydroxylation sites is 2. The molecular weight excluding hydrogens is 253 g/mol. The van der Waals surface area contributed by atoms with E-state index in [2.05, 4.69) is 4.99 Å². The van der Waals surface area contributed by atoms with Crippen LogP contribution in [0.2, 0.25) is 0 Å². The molecule has 2 rings (SSSR count). The summed E-state index contributed by atoms with van der Waals surface area (Å²) in [5, 5.41) is 0. The highest BCUT2D eigenvalue weighted by Crippen LogP contribution is 2.29. The van der Waals surface area contributed by atoms with Crippen molar-refractivity contribution in [3.63, 3.8) is 0 Å². The maximum absolute atomic E-state index is 12.8. The first-order valence-corrected chi connectivity index (χ1v) is 6.52. The van der Waals surface area contributed by atoms with Crippen LogP contribution in [0.1, 0.15) is 26.3 Å². The Kier molecular flexibility index (Phi) is 4.18. The minimum atomic E-state index is -0.276. The second kappa shape index (κ2) is 5.87. The summed E-state index contributed by atoms with van der Waals surface area (Å²) in [5.41, 5.74) is 1.32. The lowest BCUT2D eigenvalue weighted by molar-refractivity contribution is 0.132. The Labute approximate surface area is 118 Å². The Morgan fingerprint density at radius 3 is 2.30 bits per heavy atom. The maximum Gasteiger partial charge on any atom is 0.145 e. The SMILES string of the molecule is CC(C)(C)Oc1ccccc1N=Cc1ccc(F)cc1. The summed E-state index contributed by atoms with van der Waals surface area (Å²) < 4.78 is 18.7. The van der Waals surface area contributed by atoms with Gasteiger partial charge in [0.05, 0.1) is 0 Å². The Bertz CT molecular complexity index is 597. The van der Waals surface area contributed by atoms with Gasteiger partial charge < -0.3 is 4.74 Å². The predicted molar refractivity (Wildman–Crippen MR) is 80.5 cm³/mol. The van der Waals surface area contributed by atoms with E-state index in [-0.39, 0.29) is 11.4 Å². The second-order valence-electron chi connectivity index (χ2n) is 5.49. The highest BCUT2D eigenvalue weighted by Gasteiger charge is 2.13. The fourth-order valence-electron chi connectivity index (χ4n) is 1.67. The lowest BCUT2D eigenvalue weighted by atomic mass is 10.2. The Balaban J connectivity index is 2.22. The molecule has 0 aromatic heterocycles. The topological polar surface area (TPSA) is 21.6 Å². The van der Waals surface area contributed by atoms with Gasteiger partial charge in [0, 0.05) is 6.21 Å². The molecule has 0 bridgehead atoms. The molecule has 2 nitrogen and oxygen atoms in total. The van der Waals surface area contributed by atoms with Crippen LogP contribution in [0, 0.1) is 5.82 Å². The molecule has 0 aliphatic carbocycles. The van der Waals surface area contributed by atoms with Crippen LogP contribution < -0.4 is 4.74 Å². The number of ether oxygens (including phenoxy) is 1. The van der Waals surface area contributed by atoms with Gasteiger partial charge in [-0.1, -0.05) is 24.3 Å². The van der Waals surface area contributed by atoms with Crippen molar-refractivity contribution >= 4 is 11.9 Å². The van der Waals surface area contributed by atoms with E-state index in [4.69, 9.17) is 4.74 Å². The zero-order valence-electron chi connectivity index (χ0n) is 11.9. The molecule has 0 atom stereocenters. The van der Waals surface area contributed by atoms with Gasteiger partial charge in [0.15, 0.2) is 0 Å². The molecule has 2 aromatic rings. The fourth-order valence-corrected chi connectivity index (χ4v) is 1.67. The smallest absolute Gasteiger partial charge is 0.145 e. The van der Waals surface area contributed by atoms with Crippen molar-refractivity contribution in [2.45, 2.75) is 26.4 Å². The first-order valence-electron chi connectivity index (χ1n) is 6.52. The molecule has 0 fully saturated rings. The van der Waals surface area contributed by atoms with E-state index in [0.29, 0.717) is 0 Å². The number of rotatable bonds is 3. The standard InChI is InChI=1S/C17H18FNO/c1-17(2,3)20-16-7-5-4-6-15(16)19-12-13-8-10-14(18)11-9-13/h4-12H,1-3H3. The van der Waals surface area contributed by atoms with Crippen molar-refractivity contribution in [3.05, 3.63) is 59.9 Å². The van der Waals surface area contributed by atoms with E-state index in [1.165, 1.54) is 12.1 Å². The number of nitrogens with zero attached hydrogens (tertiary/aromatic N) is 1. The van der Waals surface area contributed by atoms with E-state index in [1.54, 1.807) is 18.3 Å². The molecule has 0 aliphatic rings. The van der Waals surface area contributed by atoms with Crippen molar-refractivity contribution in [1.82, 2.24) is 0 Å². The summed E-state index contributed by atoms with van der Waals surface area (Å²) in [6.07, 6.45) is 1.70. The molecule has 3 heteroatoms. The van der Waals surface area contributed by atoms with Crippen molar-refractivity contribution in [2.24, 2.45) is 4.99 Å². The Morgan fingerprint density at radius 1 is 1.00 bits per heavy atom. The van der Waals surface area contributed by atoms with Crippen LogP contribution in [0.5, 0.6) is 5.75 Å². The minimum Gasteiger partial charge on any atom is -0.486 e. The zero-order valence-corrected chi connectivity index (χ0v) is 11.9. The number of hydrogen-bond donors (Lipinski definition) is 0. The number of hydrogen-bond acceptors (Lipinski definition) is 2. The zero-order chi connectivity index (χ0) is 14.6. The summed E-state index contributed by atoms with van der Waals surface area (Å²) in [4.78, 5) is 4.42. The summed E-state index contributed by atoms with van der Waals surface area (Å²) in [5.74, 6) is 0.483. The van der Waals surface area contributed by atoms with Crippen LogP contribution in [0.25, 0.3) is 0 Å². The van der Waals surface area contributed by atoms with Gasteiger partial charge in [-0.05, 0) is 50.6 Å². The normalized spacial score (nSPS) is 11.8. The molecule has 0 spiro atoms. The third-order valence-electron chi connectivity index (χ3n) is 2.50. The highest BCUT2D eigenvalue weighted by molar-refractivity contribution is 5.82. The second-order valence-corrected chi connectivity index (χ2v) is 5.49. The molecule has 0 saturated carbocycles. The van der Waals surface area contributed by atoms with Crippen molar-refractivity contribution < 1.29 is 9.13 Å². The fraction of sp³-hybridized carbons (Fsp3) is 0.235. The van der Waals surface area contributed by atoms with Gasteiger partial charge in [-0.15, -0.1) is 0 Å². The van der Waals surface area contributed by atoms with E-state index in [0.717, 1.165) is 17.0 Å². The number of benzene rings is 2. The molecule has 0 amide bonds. The van der Waals surface area contributed by atoms with Gasteiger partial charge in [-0.3, -0.25) is 4.99 Å². The molecule has 104 valence electrons.